The van der Waals surface area contributed by atoms with E-state index >= 15 is 0 Å². The minimum absolute atomic E-state index is 0.138. The Morgan fingerprint density at radius 2 is 2.30 bits per heavy atom. The molecule has 0 spiro atoms. The van der Waals surface area contributed by atoms with E-state index in [2.05, 4.69) is 4.99 Å². The molecule has 0 aromatic heterocycles. The molecule has 2 aliphatic heterocycles. The standard InChI is InChI=1S/C12H20FN3O4/c1-7(2)11(6-17)12(13,19)5-9(20-11)16-4-3-8(14)15-10(16)18/h3-4,7,9-10,17-19H,5-6H2,1-2H3,(H2,14,15)/t9-,10?,11+,12-/m1/s1. The molecular weight excluding hydrogens is 269 g/mol. The lowest BCUT2D eigenvalue weighted by Crippen LogP contribution is -2.54. The highest BCUT2D eigenvalue weighted by Gasteiger charge is 2.63. The van der Waals surface area contributed by atoms with E-state index in [4.69, 9.17) is 10.5 Å². The van der Waals surface area contributed by atoms with Gasteiger partial charge in [0.15, 0.2) is 5.60 Å². The zero-order valence-electron chi connectivity index (χ0n) is 11.4. The second-order valence-electron chi connectivity index (χ2n) is 5.40. The fourth-order valence-corrected chi connectivity index (χ4v) is 2.59. The van der Waals surface area contributed by atoms with Crippen LogP contribution in [-0.2, 0) is 4.74 Å². The first kappa shape index (κ1) is 15.2. The van der Waals surface area contributed by atoms with Gasteiger partial charge in [-0.15, -0.1) is 0 Å². The van der Waals surface area contributed by atoms with Crippen molar-refractivity contribution in [2.45, 2.75) is 44.3 Å². The molecule has 0 bridgehead atoms. The summed E-state index contributed by atoms with van der Waals surface area (Å²) < 4.78 is 20.0. The Hall–Kier alpha value is -1.22. The van der Waals surface area contributed by atoms with Gasteiger partial charge >= 0.3 is 0 Å². The highest BCUT2D eigenvalue weighted by Crippen LogP contribution is 2.46. The van der Waals surface area contributed by atoms with Gasteiger partial charge in [0.25, 0.3) is 0 Å². The summed E-state index contributed by atoms with van der Waals surface area (Å²) in [6, 6.07) is 0. The van der Waals surface area contributed by atoms with Crippen molar-refractivity contribution >= 4 is 5.84 Å². The quantitative estimate of drug-likeness (QED) is 0.543. The largest absolute Gasteiger partial charge is 0.393 e. The summed E-state index contributed by atoms with van der Waals surface area (Å²) in [6.45, 7) is 2.61. The van der Waals surface area contributed by atoms with E-state index in [0.29, 0.717) is 0 Å². The predicted molar refractivity (Wildman–Crippen MR) is 68.8 cm³/mol. The van der Waals surface area contributed by atoms with Gasteiger partial charge in [-0.25, -0.2) is 9.38 Å². The van der Waals surface area contributed by atoms with Crippen molar-refractivity contribution in [1.82, 2.24) is 4.90 Å². The highest BCUT2D eigenvalue weighted by molar-refractivity contribution is 5.91. The van der Waals surface area contributed by atoms with Crippen LogP contribution in [0.15, 0.2) is 17.3 Å². The Morgan fingerprint density at radius 1 is 1.65 bits per heavy atom. The smallest absolute Gasteiger partial charge is 0.243 e. The lowest BCUT2D eigenvalue weighted by Gasteiger charge is -2.38. The van der Waals surface area contributed by atoms with Crippen LogP contribution in [0.5, 0.6) is 0 Å². The van der Waals surface area contributed by atoms with Gasteiger partial charge in [0.2, 0.25) is 12.2 Å². The number of nitrogens with zero attached hydrogens (tertiary/aromatic N) is 2. The monoisotopic (exact) mass is 289 g/mol. The second kappa shape index (κ2) is 4.96. The lowest BCUT2D eigenvalue weighted by atomic mass is 9.84. The van der Waals surface area contributed by atoms with Gasteiger partial charge in [-0.2, -0.15) is 0 Å². The fourth-order valence-electron chi connectivity index (χ4n) is 2.59. The number of rotatable bonds is 3. The van der Waals surface area contributed by atoms with E-state index in [1.807, 2.05) is 0 Å². The molecule has 2 heterocycles. The molecule has 0 amide bonds. The van der Waals surface area contributed by atoms with Crippen molar-refractivity contribution in [1.29, 1.82) is 0 Å². The molecule has 1 fully saturated rings. The zero-order valence-corrected chi connectivity index (χ0v) is 11.4. The van der Waals surface area contributed by atoms with Crippen molar-refractivity contribution in [3.8, 4) is 0 Å². The number of nitrogens with two attached hydrogens (primary N) is 1. The molecule has 2 aliphatic rings. The average molecular weight is 289 g/mol. The van der Waals surface area contributed by atoms with Gasteiger partial charge in [0, 0.05) is 6.20 Å². The molecule has 1 saturated heterocycles. The molecule has 114 valence electrons. The Morgan fingerprint density at radius 3 is 2.75 bits per heavy atom. The maximum atomic E-state index is 14.5. The van der Waals surface area contributed by atoms with Crippen LogP contribution in [0.25, 0.3) is 0 Å². The number of halogens is 1. The van der Waals surface area contributed by atoms with E-state index in [9.17, 15) is 19.7 Å². The van der Waals surface area contributed by atoms with Crippen molar-refractivity contribution in [3.05, 3.63) is 12.3 Å². The average Bonchev–Trinajstić information content (AvgIpc) is 2.61. The molecule has 7 nitrogen and oxygen atoms in total. The number of amidine groups is 1. The summed E-state index contributed by atoms with van der Waals surface area (Å²) in [5, 5.41) is 29.3. The van der Waals surface area contributed by atoms with Gasteiger partial charge in [-0.05, 0) is 12.0 Å². The molecule has 0 aliphatic carbocycles. The van der Waals surface area contributed by atoms with Crippen molar-refractivity contribution in [2.24, 2.45) is 16.6 Å². The Balaban J connectivity index is 2.24. The summed E-state index contributed by atoms with van der Waals surface area (Å²) >= 11 is 0. The highest BCUT2D eigenvalue weighted by atomic mass is 19.2. The van der Waals surface area contributed by atoms with Crippen LogP contribution >= 0.6 is 0 Å². The second-order valence-corrected chi connectivity index (χ2v) is 5.40. The van der Waals surface area contributed by atoms with Crippen molar-refractivity contribution in [3.63, 3.8) is 0 Å². The van der Waals surface area contributed by atoms with E-state index in [1.54, 1.807) is 13.8 Å². The molecule has 0 aromatic rings. The number of hydrogen-bond donors (Lipinski definition) is 4. The van der Waals surface area contributed by atoms with E-state index in [0.717, 1.165) is 0 Å². The first-order valence-corrected chi connectivity index (χ1v) is 6.40. The van der Waals surface area contributed by atoms with Gasteiger partial charge in [-0.3, -0.25) is 0 Å². The lowest BCUT2D eigenvalue weighted by molar-refractivity contribution is -0.242. The summed E-state index contributed by atoms with van der Waals surface area (Å²) in [4.78, 5) is 4.95. The zero-order chi connectivity index (χ0) is 15.1. The Kier molecular flexibility index (Phi) is 3.76. The molecule has 4 atom stereocenters. The van der Waals surface area contributed by atoms with Crippen LogP contribution < -0.4 is 5.73 Å². The summed E-state index contributed by atoms with van der Waals surface area (Å²) in [5.74, 6) is -3.03. The molecule has 2 rings (SSSR count). The van der Waals surface area contributed by atoms with E-state index in [-0.39, 0.29) is 5.84 Å². The Labute approximate surface area is 116 Å². The molecule has 20 heavy (non-hydrogen) atoms. The third-order valence-electron chi connectivity index (χ3n) is 3.89. The van der Waals surface area contributed by atoms with Crippen LogP contribution in [0.3, 0.4) is 0 Å². The minimum atomic E-state index is -2.71. The topological polar surface area (TPSA) is 112 Å². The molecule has 0 radical (unpaired) electrons. The summed E-state index contributed by atoms with van der Waals surface area (Å²) in [7, 11) is 0. The van der Waals surface area contributed by atoms with Gasteiger partial charge < -0.3 is 30.7 Å². The first-order valence-electron chi connectivity index (χ1n) is 6.40. The summed E-state index contributed by atoms with van der Waals surface area (Å²) in [6.07, 6.45) is 0.163. The SMILES string of the molecule is CC(C)[C@]1(CO)O[C@@H](N2C=CC(N)=NC2O)C[C@]1(O)F. The van der Waals surface area contributed by atoms with Crippen LogP contribution in [-0.4, -0.2) is 56.7 Å². The van der Waals surface area contributed by atoms with Crippen molar-refractivity contribution < 1.29 is 24.4 Å². The van der Waals surface area contributed by atoms with E-state index < -0.39 is 43.0 Å². The van der Waals surface area contributed by atoms with Crippen LogP contribution in [0, 0.1) is 5.92 Å². The molecule has 0 saturated carbocycles. The molecular formula is C12H20FN3O4. The maximum absolute atomic E-state index is 14.5. The number of aliphatic hydroxyl groups excluding tert-OH is 2. The van der Waals surface area contributed by atoms with Crippen LogP contribution in [0.1, 0.15) is 20.3 Å². The summed E-state index contributed by atoms with van der Waals surface area (Å²) in [5.41, 5.74) is 3.70. The van der Waals surface area contributed by atoms with Crippen LogP contribution in [0.2, 0.25) is 0 Å². The normalized spacial score (nSPS) is 41.4. The first-order chi connectivity index (χ1) is 9.23. The molecule has 0 aromatic carbocycles. The third kappa shape index (κ3) is 2.18. The Bertz CT molecular complexity index is 440. The number of alkyl halides is 1. The van der Waals surface area contributed by atoms with Gasteiger partial charge in [-0.1, -0.05) is 13.8 Å². The molecule has 1 unspecified atom stereocenters. The fraction of sp³-hybridized carbons (Fsp3) is 0.750. The predicted octanol–water partition coefficient (Wildman–Crippen LogP) is -0.760. The third-order valence-corrected chi connectivity index (χ3v) is 3.89. The number of aliphatic hydroxyl groups is 3. The van der Waals surface area contributed by atoms with Gasteiger partial charge in [0.05, 0.1) is 13.0 Å². The number of hydrogen-bond acceptors (Lipinski definition) is 7. The molecule has 5 N–H and O–H groups in total. The minimum Gasteiger partial charge on any atom is -0.393 e. The van der Waals surface area contributed by atoms with Crippen molar-refractivity contribution in [2.75, 3.05) is 6.61 Å². The maximum Gasteiger partial charge on any atom is 0.243 e. The molecule has 8 heteroatoms. The van der Waals surface area contributed by atoms with Gasteiger partial charge in [0.1, 0.15) is 12.1 Å². The number of ether oxygens (including phenoxy) is 1. The van der Waals surface area contributed by atoms with E-state index in [1.165, 1.54) is 17.2 Å². The number of aliphatic imine (C=N–C) groups is 1. The van der Waals surface area contributed by atoms with Crippen LogP contribution in [0.4, 0.5) is 4.39 Å².